The number of halogens is 1. The van der Waals surface area contributed by atoms with Gasteiger partial charge >= 0.3 is 0 Å². The highest BCUT2D eigenvalue weighted by Gasteiger charge is 2.25. The average Bonchev–Trinajstić information content (AvgIpc) is 3.09. The maximum absolute atomic E-state index is 13.6. The summed E-state index contributed by atoms with van der Waals surface area (Å²) in [5.41, 5.74) is 0. The number of aromatic nitrogens is 1. The average molecular weight is 378 g/mol. The molecule has 1 aliphatic rings. The van der Waals surface area contributed by atoms with Crippen LogP contribution in [0.15, 0.2) is 53.6 Å². The summed E-state index contributed by atoms with van der Waals surface area (Å²) in [5, 5.41) is 2.79. The van der Waals surface area contributed by atoms with Crippen LogP contribution in [0.5, 0.6) is 0 Å². The molecule has 0 spiro atoms. The standard InChI is InChI=1S/C17H19FN4O3S/c18-14-5-1-2-6-15(14)26(24,25)20-11-17(23)21-13-8-10-22(12-13)16-7-3-4-9-19-16/h1-7,9,13,20H,8,10-12H2,(H,21,23). The highest BCUT2D eigenvalue weighted by atomic mass is 32.2. The Morgan fingerprint density at radius 1 is 1.23 bits per heavy atom. The van der Waals surface area contributed by atoms with E-state index in [9.17, 15) is 17.6 Å². The Morgan fingerprint density at radius 2 is 2.00 bits per heavy atom. The van der Waals surface area contributed by atoms with E-state index in [2.05, 4.69) is 19.9 Å². The van der Waals surface area contributed by atoms with Crippen LogP contribution in [0.4, 0.5) is 10.2 Å². The molecule has 1 unspecified atom stereocenters. The van der Waals surface area contributed by atoms with Crippen molar-refractivity contribution in [2.24, 2.45) is 0 Å². The Kier molecular flexibility index (Phi) is 5.48. The van der Waals surface area contributed by atoms with Crippen molar-refractivity contribution in [3.63, 3.8) is 0 Å². The number of nitrogens with zero attached hydrogens (tertiary/aromatic N) is 2. The van der Waals surface area contributed by atoms with Gasteiger partial charge in [0, 0.05) is 25.3 Å². The second-order valence-corrected chi connectivity index (χ2v) is 7.68. The number of hydrogen-bond acceptors (Lipinski definition) is 5. The fraction of sp³-hybridized carbons (Fsp3) is 0.294. The molecule has 1 aromatic carbocycles. The van der Waals surface area contributed by atoms with Crippen molar-refractivity contribution < 1.29 is 17.6 Å². The van der Waals surface area contributed by atoms with Crippen LogP contribution in [0.3, 0.4) is 0 Å². The fourth-order valence-corrected chi connectivity index (χ4v) is 3.87. The molecule has 0 saturated carbocycles. The molecule has 0 aliphatic carbocycles. The number of carbonyl (C=O) groups is 1. The van der Waals surface area contributed by atoms with Gasteiger partial charge in [-0.1, -0.05) is 18.2 Å². The molecule has 1 amide bonds. The predicted molar refractivity (Wildman–Crippen MR) is 94.6 cm³/mol. The van der Waals surface area contributed by atoms with E-state index >= 15 is 0 Å². The number of rotatable bonds is 6. The number of sulfonamides is 1. The van der Waals surface area contributed by atoms with Gasteiger partial charge in [-0.15, -0.1) is 0 Å². The van der Waals surface area contributed by atoms with Crippen LogP contribution in [0, 0.1) is 5.82 Å². The number of benzene rings is 1. The molecule has 2 N–H and O–H groups in total. The Hall–Kier alpha value is -2.52. The Balaban J connectivity index is 1.51. The van der Waals surface area contributed by atoms with E-state index in [-0.39, 0.29) is 6.04 Å². The molecule has 1 aliphatic heterocycles. The monoisotopic (exact) mass is 378 g/mol. The molecule has 2 aromatic rings. The van der Waals surface area contributed by atoms with Gasteiger partial charge < -0.3 is 10.2 Å². The summed E-state index contributed by atoms with van der Waals surface area (Å²) < 4.78 is 39.9. The molecule has 1 aromatic heterocycles. The number of nitrogens with one attached hydrogen (secondary N) is 2. The third kappa shape index (κ3) is 4.36. The number of hydrogen-bond donors (Lipinski definition) is 2. The molecule has 0 radical (unpaired) electrons. The maximum Gasteiger partial charge on any atom is 0.243 e. The molecule has 138 valence electrons. The third-order valence-corrected chi connectivity index (χ3v) is 5.51. The molecule has 1 saturated heterocycles. The third-order valence-electron chi connectivity index (χ3n) is 4.08. The summed E-state index contributed by atoms with van der Waals surface area (Å²) >= 11 is 0. The lowest BCUT2D eigenvalue weighted by atomic mass is 10.2. The molecule has 2 heterocycles. The summed E-state index contributed by atoms with van der Waals surface area (Å²) in [6, 6.07) is 10.6. The lowest BCUT2D eigenvalue weighted by molar-refractivity contribution is -0.120. The molecular weight excluding hydrogens is 359 g/mol. The quantitative estimate of drug-likeness (QED) is 0.779. The fourth-order valence-electron chi connectivity index (χ4n) is 2.81. The van der Waals surface area contributed by atoms with Gasteiger partial charge in [-0.3, -0.25) is 4.79 Å². The topological polar surface area (TPSA) is 91.4 Å². The van der Waals surface area contributed by atoms with E-state index in [0.717, 1.165) is 30.9 Å². The molecule has 7 nitrogen and oxygen atoms in total. The molecule has 9 heteroatoms. The molecule has 3 rings (SSSR count). The van der Waals surface area contributed by atoms with E-state index in [1.807, 2.05) is 18.2 Å². The van der Waals surface area contributed by atoms with Crippen LogP contribution in [-0.4, -0.2) is 45.0 Å². The molecule has 1 atom stereocenters. The molecule has 1 fully saturated rings. The van der Waals surface area contributed by atoms with Crippen molar-refractivity contribution in [1.82, 2.24) is 15.0 Å². The minimum atomic E-state index is -4.08. The van der Waals surface area contributed by atoms with Crippen molar-refractivity contribution in [1.29, 1.82) is 0 Å². The van der Waals surface area contributed by atoms with E-state index < -0.39 is 33.2 Å². The van der Waals surface area contributed by atoms with E-state index in [1.54, 1.807) is 6.20 Å². The van der Waals surface area contributed by atoms with Crippen molar-refractivity contribution in [2.45, 2.75) is 17.4 Å². The van der Waals surface area contributed by atoms with Crippen LogP contribution in [-0.2, 0) is 14.8 Å². The van der Waals surface area contributed by atoms with E-state index in [0.29, 0.717) is 6.54 Å². The zero-order valence-electron chi connectivity index (χ0n) is 13.9. The van der Waals surface area contributed by atoms with Crippen LogP contribution in [0.1, 0.15) is 6.42 Å². The zero-order chi connectivity index (χ0) is 18.6. The van der Waals surface area contributed by atoms with Gasteiger partial charge in [-0.05, 0) is 30.7 Å². The minimum absolute atomic E-state index is 0.0949. The first kappa shape index (κ1) is 18.3. The number of pyridine rings is 1. The maximum atomic E-state index is 13.6. The zero-order valence-corrected chi connectivity index (χ0v) is 14.7. The number of anilines is 1. The van der Waals surface area contributed by atoms with Gasteiger partial charge in [-0.2, -0.15) is 0 Å². The van der Waals surface area contributed by atoms with Crippen molar-refractivity contribution in [3.05, 3.63) is 54.5 Å². The summed E-state index contributed by atoms with van der Waals surface area (Å²) in [5.74, 6) is -0.482. The molecule has 26 heavy (non-hydrogen) atoms. The normalized spacial score (nSPS) is 17.3. The van der Waals surface area contributed by atoms with Gasteiger partial charge in [0.05, 0.1) is 6.54 Å². The summed E-state index contributed by atoms with van der Waals surface area (Å²) in [6.07, 6.45) is 2.45. The van der Waals surface area contributed by atoms with Gasteiger partial charge in [0.1, 0.15) is 16.5 Å². The summed E-state index contributed by atoms with van der Waals surface area (Å²) in [6.45, 7) is 0.905. The Bertz CT molecular complexity index is 877. The second-order valence-electron chi connectivity index (χ2n) is 5.94. The van der Waals surface area contributed by atoms with Crippen LogP contribution in [0.25, 0.3) is 0 Å². The van der Waals surface area contributed by atoms with Crippen molar-refractivity contribution in [3.8, 4) is 0 Å². The van der Waals surface area contributed by atoms with Crippen LogP contribution < -0.4 is 14.9 Å². The first-order valence-corrected chi connectivity index (χ1v) is 9.63. The highest BCUT2D eigenvalue weighted by molar-refractivity contribution is 7.89. The van der Waals surface area contributed by atoms with E-state index in [4.69, 9.17) is 0 Å². The van der Waals surface area contributed by atoms with E-state index in [1.165, 1.54) is 12.1 Å². The van der Waals surface area contributed by atoms with Gasteiger partial charge in [0.25, 0.3) is 0 Å². The molecule has 0 bridgehead atoms. The summed E-state index contributed by atoms with van der Waals surface area (Å²) in [4.78, 5) is 17.9. The van der Waals surface area contributed by atoms with Crippen LogP contribution >= 0.6 is 0 Å². The highest BCUT2D eigenvalue weighted by Crippen LogP contribution is 2.17. The van der Waals surface area contributed by atoms with Gasteiger partial charge in [0.2, 0.25) is 15.9 Å². The smallest absolute Gasteiger partial charge is 0.243 e. The van der Waals surface area contributed by atoms with Crippen molar-refractivity contribution in [2.75, 3.05) is 24.5 Å². The van der Waals surface area contributed by atoms with Gasteiger partial charge in [0.15, 0.2) is 0 Å². The lowest BCUT2D eigenvalue weighted by Gasteiger charge is -2.17. The number of carbonyl (C=O) groups excluding carboxylic acids is 1. The molecular formula is C17H19FN4O3S. The van der Waals surface area contributed by atoms with Gasteiger partial charge in [-0.25, -0.2) is 22.5 Å². The largest absolute Gasteiger partial charge is 0.354 e. The first-order valence-electron chi connectivity index (χ1n) is 8.15. The first-order chi connectivity index (χ1) is 12.5. The van der Waals surface area contributed by atoms with Crippen LogP contribution in [0.2, 0.25) is 0 Å². The minimum Gasteiger partial charge on any atom is -0.354 e. The second kappa shape index (κ2) is 7.79. The van der Waals surface area contributed by atoms with Crippen molar-refractivity contribution >= 4 is 21.7 Å². The predicted octanol–water partition coefficient (Wildman–Crippen LogP) is 0.894. The SMILES string of the molecule is O=C(CNS(=O)(=O)c1ccccc1F)NC1CCN(c2ccccn2)C1. The Morgan fingerprint density at radius 3 is 2.73 bits per heavy atom. The Labute approximate surface area is 151 Å². The number of amides is 1. The summed E-state index contributed by atoms with van der Waals surface area (Å²) in [7, 11) is -4.08. The lowest BCUT2D eigenvalue weighted by Crippen LogP contribution is -2.43.